The second kappa shape index (κ2) is 5.65. The van der Waals surface area contributed by atoms with E-state index in [4.69, 9.17) is 9.31 Å². The number of allylic oxidation sites excluding steroid dienone is 2. The molecule has 1 unspecified atom stereocenters. The van der Waals surface area contributed by atoms with Crippen molar-refractivity contribution in [1.82, 2.24) is 0 Å². The topological polar surface area (TPSA) is 18.5 Å². The highest BCUT2D eigenvalue weighted by Gasteiger charge is 2.53. The van der Waals surface area contributed by atoms with Crippen LogP contribution in [0.5, 0.6) is 0 Å². The SMILES string of the molecule is C=CCC1CCCCC1=C(F)B1OC(C)(C)C(C)(C)O1. The van der Waals surface area contributed by atoms with E-state index in [0.29, 0.717) is 0 Å². The summed E-state index contributed by atoms with van der Waals surface area (Å²) in [5.74, 6) is 0.264. The van der Waals surface area contributed by atoms with E-state index in [-0.39, 0.29) is 11.6 Å². The molecule has 112 valence electrons. The van der Waals surface area contributed by atoms with E-state index in [9.17, 15) is 4.39 Å². The van der Waals surface area contributed by atoms with Crippen LogP contribution in [0.3, 0.4) is 0 Å². The van der Waals surface area contributed by atoms with Crippen LogP contribution in [0, 0.1) is 5.92 Å². The van der Waals surface area contributed by atoms with Crippen LogP contribution >= 0.6 is 0 Å². The fraction of sp³-hybridized carbons (Fsp3) is 0.750. The zero-order chi connectivity index (χ0) is 15.0. The van der Waals surface area contributed by atoms with Gasteiger partial charge in [-0.15, -0.1) is 6.58 Å². The molecule has 0 amide bonds. The van der Waals surface area contributed by atoms with Crippen molar-refractivity contribution in [1.29, 1.82) is 0 Å². The summed E-state index contributed by atoms with van der Waals surface area (Å²) in [5, 5.41) is 0. The first kappa shape index (κ1) is 15.8. The van der Waals surface area contributed by atoms with Gasteiger partial charge in [-0.05, 0) is 64.9 Å². The van der Waals surface area contributed by atoms with Gasteiger partial charge in [0, 0.05) is 0 Å². The highest BCUT2D eigenvalue weighted by atomic mass is 19.1. The van der Waals surface area contributed by atoms with Crippen molar-refractivity contribution < 1.29 is 13.7 Å². The second-order valence-corrected chi connectivity index (χ2v) is 6.93. The number of hydrogen-bond acceptors (Lipinski definition) is 2. The van der Waals surface area contributed by atoms with Gasteiger partial charge >= 0.3 is 7.12 Å². The number of hydrogen-bond donors (Lipinski definition) is 0. The molecule has 20 heavy (non-hydrogen) atoms. The summed E-state index contributed by atoms with van der Waals surface area (Å²) in [6, 6.07) is 0. The van der Waals surface area contributed by atoms with Gasteiger partial charge in [0.05, 0.1) is 11.2 Å². The Kier molecular flexibility index (Phi) is 4.45. The smallest absolute Gasteiger partial charge is 0.398 e. The lowest BCUT2D eigenvalue weighted by Crippen LogP contribution is -2.41. The molecule has 0 aromatic rings. The van der Waals surface area contributed by atoms with E-state index in [1.54, 1.807) is 0 Å². The molecular weight excluding hydrogens is 254 g/mol. The van der Waals surface area contributed by atoms with E-state index < -0.39 is 18.3 Å². The quantitative estimate of drug-likeness (QED) is 0.555. The van der Waals surface area contributed by atoms with Crippen LogP contribution in [0.15, 0.2) is 24.0 Å². The molecule has 4 heteroatoms. The summed E-state index contributed by atoms with van der Waals surface area (Å²) >= 11 is 0. The normalized spacial score (nSPS) is 31.2. The first-order chi connectivity index (χ1) is 9.28. The fourth-order valence-electron chi connectivity index (χ4n) is 2.96. The summed E-state index contributed by atoms with van der Waals surface area (Å²) in [6.07, 6.45) is 6.78. The Morgan fingerprint density at radius 3 is 2.45 bits per heavy atom. The van der Waals surface area contributed by atoms with Gasteiger partial charge in [0.1, 0.15) is 5.73 Å². The molecule has 2 aliphatic rings. The van der Waals surface area contributed by atoms with Gasteiger partial charge < -0.3 is 9.31 Å². The van der Waals surface area contributed by atoms with Gasteiger partial charge in [-0.3, -0.25) is 0 Å². The van der Waals surface area contributed by atoms with Crippen LogP contribution in [-0.4, -0.2) is 18.3 Å². The van der Waals surface area contributed by atoms with Crippen molar-refractivity contribution >= 4 is 7.12 Å². The van der Waals surface area contributed by atoms with Crippen molar-refractivity contribution in [2.24, 2.45) is 5.92 Å². The van der Waals surface area contributed by atoms with E-state index in [2.05, 4.69) is 6.58 Å². The molecule has 1 saturated heterocycles. The molecule has 0 aromatic carbocycles. The van der Waals surface area contributed by atoms with Crippen LogP contribution in [0.1, 0.15) is 59.8 Å². The van der Waals surface area contributed by atoms with Gasteiger partial charge in [-0.25, -0.2) is 4.39 Å². The van der Waals surface area contributed by atoms with E-state index in [1.807, 2.05) is 33.8 Å². The molecule has 1 saturated carbocycles. The first-order valence-corrected chi connectivity index (χ1v) is 7.63. The fourth-order valence-corrected chi connectivity index (χ4v) is 2.96. The molecule has 2 nitrogen and oxygen atoms in total. The molecule has 0 bridgehead atoms. The Morgan fingerprint density at radius 2 is 1.90 bits per heavy atom. The Balaban J connectivity index is 2.23. The number of halogens is 1. The minimum absolute atomic E-state index is 0.199. The minimum atomic E-state index is -0.847. The van der Waals surface area contributed by atoms with Gasteiger partial charge in [0.2, 0.25) is 0 Å². The number of rotatable bonds is 3. The average Bonchev–Trinajstić information content (AvgIpc) is 2.59. The zero-order valence-corrected chi connectivity index (χ0v) is 13.2. The van der Waals surface area contributed by atoms with Crippen LogP contribution in [0.4, 0.5) is 4.39 Å². The van der Waals surface area contributed by atoms with Crippen molar-refractivity contribution in [3.63, 3.8) is 0 Å². The Hall–Kier alpha value is -0.605. The van der Waals surface area contributed by atoms with Crippen molar-refractivity contribution in [3.8, 4) is 0 Å². The lowest BCUT2D eigenvalue weighted by atomic mass is 9.74. The summed E-state index contributed by atoms with van der Waals surface area (Å²) < 4.78 is 26.5. The van der Waals surface area contributed by atoms with Gasteiger partial charge in [0.25, 0.3) is 0 Å². The lowest BCUT2D eigenvalue weighted by molar-refractivity contribution is 0.00578. The van der Waals surface area contributed by atoms with E-state index in [0.717, 1.165) is 31.3 Å². The standard InChI is InChI=1S/C16H26BFO2/c1-6-9-12-10-7-8-11-13(12)14(18)17-19-15(2,3)16(4,5)20-17/h6,12H,1,7-11H2,2-5H3. The Labute approximate surface area is 122 Å². The zero-order valence-electron chi connectivity index (χ0n) is 13.2. The predicted octanol–water partition coefficient (Wildman–Crippen LogP) is 4.61. The van der Waals surface area contributed by atoms with Gasteiger partial charge in [-0.2, -0.15) is 0 Å². The van der Waals surface area contributed by atoms with Crippen LogP contribution in [0.25, 0.3) is 0 Å². The summed E-state index contributed by atoms with van der Waals surface area (Å²) in [7, 11) is -0.847. The molecule has 0 N–H and O–H groups in total. The van der Waals surface area contributed by atoms with Crippen LogP contribution in [-0.2, 0) is 9.31 Å². The summed E-state index contributed by atoms with van der Waals surface area (Å²) in [5.41, 5.74) is -0.291. The third-order valence-corrected chi connectivity index (χ3v) is 4.96. The van der Waals surface area contributed by atoms with Crippen LogP contribution < -0.4 is 0 Å². The molecule has 1 atom stereocenters. The predicted molar refractivity (Wildman–Crippen MR) is 81.0 cm³/mol. The largest absolute Gasteiger partial charge is 0.525 e. The third-order valence-electron chi connectivity index (χ3n) is 4.96. The average molecular weight is 280 g/mol. The maximum absolute atomic E-state index is 14.8. The van der Waals surface area contributed by atoms with Crippen molar-refractivity contribution in [3.05, 3.63) is 24.0 Å². The van der Waals surface area contributed by atoms with E-state index in [1.165, 1.54) is 6.42 Å². The molecule has 2 rings (SSSR count). The summed E-state index contributed by atoms with van der Waals surface area (Å²) in [4.78, 5) is 0. The molecular formula is C16H26BFO2. The van der Waals surface area contributed by atoms with Crippen LogP contribution in [0.2, 0.25) is 0 Å². The Bertz CT molecular complexity index is 399. The third kappa shape index (κ3) is 2.87. The van der Waals surface area contributed by atoms with Gasteiger partial charge in [-0.1, -0.05) is 12.5 Å². The lowest BCUT2D eigenvalue weighted by Gasteiger charge is -2.32. The summed E-state index contributed by atoms with van der Waals surface area (Å²) in [6.45, 7) is 11.6. The maximum atomic E-state index is 14.8. The minimum Gasteiger partial charge on any atom is -0.398 e. The highest BCUT2D eigenvalue weighted by Crippen LogP contribution is 2.42. The monoisotopic (exact) mass is 280 g/mol. The molecule has 0 radical (unpaired) electrons. The highest BCUT2D eigenvalue weighted by molar-refractivity contribution is 6.53. The molecule has 1 heterocycles. The maximum Gasteiger partial charge on any atom is 0.525 e. The molecule has 2 fully saturated rings. The molecule has 1 aliphatic heterocycles. The Morgan fingerprint density at radius 1 is 1.30 bits per heavy atom. The van der Waals surface area contributed by atoms with Gasteiger partial charge in [0.15, 0.2) is 0 Å². The molecule has 1 aliphatic carbocycles. The molecule has 0 aromatic heterocycles. The van der Waals surface area contributed by atoms with Crippen molar-refractivity contribution in [2.75, 3.05) is 0 Å². The van der Waals surface area contributed by atoms with E-state index >= 15 is 0 Å². The van der Waals surface area contributed by atoms with Crippen molar-refractivity contribution in [2.45, 2.75) is 71.0 Å². The second-order valence-electron chi connectivity index (χ2n) is 6.93. The molecule has 0 spiro atoms. The first-order valence-electron chi connectivity index (χ1n) is 7.63.